The van der Waals surface area contributed by atoms with Crippen LogP contribution in [-0.2, 0) is 24.2 Å². The van der Waals surface area contributed by atoms with Gasteiger partial charge in [0.05, 0.1) is 20.0 Å². The minimum Gasteiger partial charge on any atom is -0.493 e. The van der Waals surface area contributed by atoms with Gasteiger partial charge < -0.3 is 14.8 Å². The Morgan fingerprint density at radius 1 is 1.21 bits per heavy atom. The fourth-order valence-corrected chi connectivity index (χ4v) is 5.53. The first-order chi connectivity index (χ1) is 13.7. The Labute approximate surface area is 171 Å². The molecule has 6 nitrogen and oxygen atoms in total. The molecular formula is C20H21N3O3S2. The van der Waals surface area contributed by atoms with Crippen LogP contribution in [-0.4, -0.2) is 35.8 Å². The third-order valence-electron chi connectivity index (χ3n) is 4.74. The largest absolute Gasteiger partial charge is 0.493 e. The highest BCUT2D eigenvalue weighted by Gasteiger charge is 2.21. The van der Waals surface area contributed by atoms with Gasteiger partial charge in [0, 0.05) is 16.8 Å². The molecule has 0 atom stereocenters. The number of amides is 1. The van der Waals surface area contributed by atoms with Gasteiger partial charge in [-0.05, 0) is 42.5 Å². The molecule has 1 aliphatic rings. The van der Waals surface area contributed by atoms with Crippen molar-refractivity contribution in [1.29, 1.82) is 0 Å². The van der Waals surface area contributed by atoms with E-state index in [2.05, 4.69) is 15.3 Å². The van der Waals surface area contributed by atoms with Crippen molar-refractivity contribution in [1.82, 2.24) is 15.3 Å². The molecule has 1 aromatic carbocycles. The summed E-state index contributed by atoms with van der Waals surface area (Å²) in [6, 6.07) is 5.62. The van der Waals surface area contributed by atoms with Crippen LogP contribution in [0.5, 0.6) is 11.5 Å². The lowest BCUT2D eigenvalue weighted by Gasteiger charge is -2.10. The molecule has 1 aliphatic carbocycles. The van der Waals surface area contributed by atoms with E-state index in [4.69, 9.17) is 9.47 Å². The van der Waals surface area contributed by atoms with Gasteiger partial charge in [-0.3, -0.25) is 4.79 Å². The number of fused-ring (bicyclic) bond motifs is 3. The van der Waals surface area contributed by atoms with Crippen LogP contribution < -0.4 is 14.8 Å². The number of methoxy groups -OCH3 is 2. The van der Waals surface area contributed by atoms with Crippen molar-refractivity contribution in [3.8, 4) is 11.5 Å². The Morgan fingerprint density at radius 3 is 2.89 bits per heavy atom. The van der Waals surface area contributed by atoms with Crippen LogP contribution in [0.3, 0.4) is 0 Å². The van der Waals surface area contributed by atoms with E-state index in [-0.39, 0.29) is 5.91 Å². The second-order valence-electron chi connectivity index (χ2n) is 6.47. The molecule has 1 N–H and O–H groups in total. The van der Waals surface area contributed by atoms with Gasteiger partial charge in [0.15, 0.2) is 11.5 Å². The number of thiophene rings is 1. The quantitative estimate of drug-likeness (QED) is 0.469. The number of nitrogens with zero attached hydrogens (tertiary/aromatic N) is 2. The fraction of sp³-hybridized carbons (Fsp3) is 0.350. The highest BCUT2D eigenvalue weighted by molar-refractivity contribution is 8.00. The van der Waals surface area contributed by atoms with Crippen molar-refractivity contribution in [2.45, 2.75) is 30.8 Å². The summed E-state index contributed by atoms with van der Waals surface area (Å²) in [5.74, 6) is 1.62. The Balaban J connectivity index is 1.38. The molecule has 0 fully saturated rings. The van der Waals surface area contributed by atoms with Crippen molar-refractivity contribution < 1.29 is 14.3 Å². The molecule has 2 heterocycles. The lowest BCUT2D eigenvalue weighted by Crippen LogP contribution is -2.24. The summed E-state index contributed by atoms with van der Waals surface area (Å²) < 4.78 is 10.5. The fourth-order valence-electron chi connectivity index (χ4n) is 3.39. The molecule has 146 valence electrons. The average molecular weight is 416 g/mol. The molecule has 0 saturated heterocycles. The van der Waals surface area contributed by atoms with Gasteiger partial charge in [-0.2, -0.15) is 0 Å². The maximum Gasteiger partial charge on any atom is 0.230 e. The lowest BCUT2D eigenvalue weighted by molar-refractivity contribution is -0.118. The summed E-state index contributed by atoms with van der Waals surface area (Å²) in [6.45, 7) is 0.437. The van der Waals surface area contributed by atoms with Gasteiger partial charge >= 0.3 is 0 Å². The van der Waals surface area contributed by atoms with Crippen LogP contribution in [0.2, 0.25) is 0 Å². The second kappa shape index (κ2) is 8.36. The van der Waals surface area contributed by atoms with Crippen LogP contribution in [0.25, 0.3) is 10.2 Å². The molecule has 0 spiro atoms. The van der Waals surface area contributed by atoms with E-state index in [0.29, 0.717) is 23.8 Å². The van der Waals surface area contributed by atoms with Crippen LogP contribution in [0.4, 0.5) is 0 Å². The second-order valence-corrected chi connectivity index (χ2v) is 8.52. The van der Waals surface area contributed by atoms with Crippen LogP contribution >= 0.6 is 23.1 Å². The number of hydrogen-bond donors (Lipinski definition) is 1. The van der Waals surface area contributed by atoms with E-state index in [0.717, 1.165) is 33.6 Å². The van der Waals surface area contributed by atoms with Crippen molar-refractivity contribution in [3.05, 3.63) is 40.5 Å². The summed E-state index contributed by atoms with van der Waals surface area (Å²) in [4.78, 5) is 23.7. The lowest BCUT2D eigenvalue weighted by atomic mass is 10.2. The van der Waals surface area contributed by atoms with E-state index in [1.54, 1.807) is 31.9 Å². The van der Waals surface area contributed by atoms with Gasteiger partial charge in [0.25, 0.3) is 0 Å². The monoisotopic (exact) mass is 415 g/mol. The summed E-state index contributed by atoms with van der Waals surface area (Å²) in [7, 11) is 3.20. The normalized spacial score (nSPS) is 12.8. The number of aromatic nitrogens is 2. The molecular weight excluding hydrogens is 394 g/mol. The van der Waals surface area contributed by atoms with E-state index in [9.17, 15) is 4.79 Å². The van der Waals surface area contributed by atoms with E-state index in [1.165, 1.54) is 28.6 Å². The maximum absolute atomic E-state index is 12.3. The number of hydrogen-bond acceptors (Lipinski definition) is 7. The van der Waals surface area contributed by atoms with E-state index >= 15 is 0 Å². The van der Waals surface area contributed by atoms with E-state index in [1.807, 2.05) is 18.2 Å². The van der Waals surface area contributed by atoms with Gasteiger partial charge in [0.1, 0.15) is 16.2 Å². The molecule has 0 saturated carbocycles. The van der Waals surface area contributed by atoms with Crippen molar-refractivity contribution in [3.63, 3.8) is 0 Å². The Kier molecular flexibility index (Phi) is 5.68. The molecule has 1 amide bonds. The first-order valence-electron chi connectivity index (χ1n) is 9.05. The summed E-state index contributed by atoms with van der Waals surface area (Å²) in [6.07, 6.45) is 5.01. The minimum atomic E-state index is -0.0292. The number of carbonyl (C=O) groups is 1. The number of nitrogens with one attached hydrogen (secondary N) is 1. The molecule has 0 bridgehead atoms. The molecule has 2 aromatic heterocycles. The number of carbonyl (C=O) groups excluding carboxylic acids is 1. The Bertz CT molecular complexity index is 1020. The first kappa shape index (κ1) is 19.0. The SMILES string of the molecule is COc1ccc(CNC(=O)CSc2ncnc3sc4c(c23)CCC4)cc1OC. The van der Waals surface area contributed by atoms with Crippen LogP contribution in [0, 0.1) is 0 Å². The summed E-state index contributed by atoms with van der Waals surface area (Å²) in [5.41, 5.74) is 2.34. The number of ether oxygens (including phenoxy) is 2. The first-order valence-corrected chi connectivity index (χ1v) is 10.9. The third-order valence-corrected chi connectivity index (χ3v) is 6.93. The molecule has 3 aromatic rings. The zero-order valence-electron chi connectivity index (χ0n) is 15.8. The summed E-state index contributed by atoms with van der Waals surface area (Å²) >= 11 is 3.24. The molecule has 4 rings (SSSR count). The smallest absolute Gasteiger partial charge is 0.230 e. The third kappa shape index (κ3) is 3.79. The van der Waals surface area contributed by atoms with Gasteiger partial charge in [0.2, 0.25) is 5.91 Å². The molecule has 8 heteroatoms. The highest BCUT2D eigenvalue weighted by Crippen LogP contribution is 2.39. The minimum absolute atomic E-state index is 0.0292. The van der Waals surface area contributed by atoms with E-state index < -0.39 is 0 Å². The zero-order valence-corrected chi connectivity index (χ0v) is 17.4. The highest BCUT2D eigenvalue weighted by atomic mass is 32.2. The van der Waals surface area contributed by atoms with Gasteiger partial charge in [-0.15, -0.1) is 11.3 Å². The molecule has 0 unspecified atom stereocenters. The predicted molar refractivity (Wildman–Crippen MR) is 112 cm³/mol. The maximum atomic E-state index is 12.3. The van der Waals surface area contributed by atoms with Crippen molar-refractivity contribution >= 4 is 39.2 Å². The topological polar surface area (TPSA) is 73.3 Å². The molecule has 0 radical (unpaired) electrons. The standard InChI is InChI=1S/C20H21N3O3S2/c1-25-14-7-6-12(8-15(14)26-2)9-21-17(24)10-27-19-18-13-4-3-5-16(13)28-20(18)23-11-22-19/h6-8,11H,3-5,9-10H2,1-2H3,(H,21,24). The molecule has 0 aliphatic heterocycles. The van der Waals surface area contributed by atoms with Crippen LogP contribution in [0.1, 0.15) is 22.4 Å². The average Bonchev–Trinajstić information content (AvgIpc) is 3.31. The Hall–Kier alpha value is -2.32. The van der Waals surface area contributed by atoms with Gasteiger partial charge in [-0.25, -0.2) is 9.97 Å². The predicted octanol–water partition coefficient (Wildman–Crippen LogP) is 3.61. The van der Waals surface area contributed by atoms with Crippen molar-refractivity contribution in [2.24, 2.45) is 0 Å². The number of aryl methyl sites for hydroxylation is 2. The number of benzene rings is 1. The number of thioether (sulfide) groups is 1. The Morgan fingerprint density at radius 2 is 2.07 bits per heavy atom. The summed E-state index contributed by atoms with van der Waals surface area (Å²) in [5, 5.41) is 5.01. The van der Waals surface area contributed by atoms with Crippen molar-refractivity contribution in [2.75, 3.05) is 20.0 Å². The zero-order chi connectivity index (χ0) is 19.5. The molecule has 28 heavy (non-hydrogen) atoms. The number of rotatable bonds is 7. The van der Waals surface area contributed by atoms with Crippen LogP contribution in [0.15, 0.2) is 29.6 Å². The van der Waals surface area contributed by atoms with Gasteiger partial charge in [-0.1, -0.05) is 17.8 Å².